The van der Waals surface area contributed by atoms with Gasteiger partial charge in [-0.15, -0.1) is 0 Å². The quantitative estimate of drug-likeness (QED) is 0.224. The summed E-state index contributed by atoms with van der Waals surface area (Å²) in [5, 5.41) is 11.4. The molecule has 0 aromatic rings. The van der Waals surface area contributed by atoms with Crippen molar-refractivity contribution < 1.29 is 9.90 Å². The van der Waals surface area contributed by atoms with E-state index >= 15 is 0 Å². The van der Waals surface area contributed by atoms with E-state index in [1.54, 1.807) is 6.08 Å². The fourth-order valence-corrected chi connectivity index (χ4v) is 3.06. The number of hydrogen-bond donors (Lipinski definition) is 2. The van der Waals surface area contributed by atoms with Crippen LogP contribution in [0.5, 0.6) is 0 Å². The monoisotopic (exact) mass is 415 g/mol. The second-order valence-corrected chi connectivity index (χ2v) is 8.59. The third kappa shape index (κ3) is 18.2. The summed E-state index contributed by atoms with van der Waals surface area (Å²) in [6, 6.07) is 0. The lowest BCUT2D eigenvalue weighted by atomic mass is 10.0. The van der Waals surface area contributed by atoms with Crippen molar-refractivity contribution >= 4 is 5.91 Å². The largest absolute Gasteiger partial charge is 0.395 e. The summed E-state index contributed by atoms with van der Waals surface area (Å²) in [6.45, 7) is 13.2. The number of carbonyl (C=O) groups is 1. The molecule has 0 aromatic heterocycles. The minimum atomic E-state index is -0.124. The van der Waals surface area contributed by atoms with Crippen molar-refractivity contribution in [1.29, 1.82) is 0 Å². The predicted octanol–water partition coefficient (Wildman–Crippen LogP) is 6.97. The van der Waals surface area contributed by atoms with Crippen molar-refractivity contribution in [2.75, 3.05) is 13.2 Å². The molecule has 3 nitrogen and oxygen atoms in total. The molecule has 0 unspecified atom stereocenters. The van der Waals surface area contributed by atoms with Gasteiger partial charge in [0.1, 0.15) is 0 Å². The van der Waals surface area contributed by atoms with Crippen LogP contribution < -0.4 is 5.32 Å². The summed E-state index contributed by atoms with van der Waals surface area (Å²) in [5.41, 5.74) is 6.85. The lowest BCUT2D eigenvalue weighted by molar-refractivity contribution is -0.116. The van der Waals surface area contributed by atoms with E-state index in [4.69, 9.17) is 5.11 Å². The molecular formula is C27H45NO2. The average Bonchev–Trinajstić information content (AvgIpc) is 2.66. The third-order valence-corrected chi connectivity index (χ3v) is 4.97. The topological polar surface area (TPSA) is 49.3 Å². The number of nitrogens with one attached hydrogen (secondary N) is 1. The van der Waals surface area contributed by atoms with Crippen LogP contribution in [0.2, 0.25) is 0 Å². The lowest BCUT2D eigenvalue weighted by Crippen LogP contribution is -2.24. The minimum Gasteiger partial charge on any atom is -0.395 e. The Balaban J connectivity index is 4.12. The predicted molar refractivity (Wildman–Crippen MR) is 131 cm³/mol. The van der Waals surface area contributed by atoms with Gasteiger partial charge < -0.3 is 10.4 Å². The number of hydrogen-bond acceptors (Lipinski definition) is 2. The summed E-state index contributed by atoms with van der Waals surface area (Å²) in [5.74, 6) is -0.124. The van der Waals surface area contributed by atoms with Gasteiger partial charge in [0.15, 0.2) is 0 Å². The molecule has 1 amide bonds. The maximum Gasteiger partial charge on any atom is 0.244 e. The SMILES string of the molecule is CC(C)=CCCC(C)=CCCC(C)=CCCC(C)=CCCC(C)=CC(=O)NCCO. The minimum absolute atomic E-state index is 0.0264. The molecule has 0 aromatic carbocycles. The lowest BCUT2D eigenvalue weighted by Gasteiger charge is -2.03. The maximum absolute atomic E-state index is 11.6. The molecule has 2 N–H and O–H groups in total. The summed E-state index contributed by atoms with van der Waals surface area (Å²) in [6.07, 6.45) is 19.6. The zero-order valence-corrected chi connectivity index (χ0v) is 20.3. The molecule has 0 aliphatic rings. The van der Waals surface area contributed by atoms with Gasteiger partial charge in [-0.3, -0.25) is 4.79 Å². The van der Waals surface area contributed by atoms with Crippen LogP contribution >= 0.6 is 0 Å². The van der Waals surface area contributed by atoms with Gasteiger partial charge in [-0.05, 0) is 92.9 Å². The smallest absolute Gasteiger partial charge is 0.244 e. The van der Waals surface area contributed by atoms with Gasteiger partial charge in [-0.25, -0.2) is 0 Å². The molecule has 0 spiro atoms. The van der Waals surface area contributed by atoms with Crippen molar-refractivity contribution in [2.24, 2.45) is 0 Å². The van der Waals surface area contributed by atoms with E-state index in [-0.39, 0.29) is 12.5 Å². The van der Waals surface area contributed by atoms with Gasteiger partial charge in [0.2, 0.25) is 5.91 Å². The van der Waals surface area contributed by atoms with Crippen LogP contribution in [0.1, 0.15) is 92.9 Å². The van der Waals surface area contributed by atoms with Crippen molar-refractivity contribution in [3.63, 3.8) is 0 Å². The van der Waals surface area contributed by atoms with E-state index in [9.17, 15) is 4.79 Å². The molecule has 0 radical (unpaired) electrons. The molecular weight excluding hydrogens is 370 g/mol. The van der Waals surface area contributed by atoms with Crippen LogP contribution in [0.4, 0.5) is 0 Å². The highest BCUT2D eigenvalue weighted by Gasteiger charge is 1.98. The molecule has 3 heteroatoms. The van der Waals surface area contributed by atoms with Crippen molar-refractivity contribution in [2.45, 2.75) is 92.9 Å². The number of aliphatic hydroxyl groups is 1. The summed E-state index contributed by atoms with van der Waals surface area (Å²) in [7, 11) is 0. The van der Waals surface area contributed by atoms with Crippen LogP contribution in [0, 0.1) is 0 Å². The molecule has 170 valence electrons. The molecule has 0 rings (SSSR count). The Morgan fingerprint density at radius 3 is 1.47 bits per heavy atom. The molecule has 0 saturated heterocycles. The van der Waals surface area contributed by atoms with Gasteiger partial charge in [-0.2, -0.15) is 0 Å². The standard InChI is InChI=1S/C27H45NO2/c1-22(2)11-7-12-23(3)13-8-14-24(4)15-9-16-25(5)17-10-18-26(6)21-27(30)28-19-20-29/h11,13,15,17,21,29H,7-10,12,14,16,18-20H2,1-6H3,(H,28,30). The van der Waals surface area contributed by atoms with Crippen LogP contribution in [-0.4, -0.2) is 24.2 Å². The molecule has 30 heavy (non-hydrogen) atoms. The Morgan fingerprint density at radius 1 is 0.667 bits per heavy atom. The highest BCUT2D eigenvalue weighted by Crippen LogP contribution is 2.14. The zero-order chi connectivity index (χ0) is 22.8. The number of amides is 1. The normalized spacial score (nSPS) is 13.4. The Hall–Kier alpha value is -1.87. The molecule has 0 aliphatic heterocycles. The third-order valence-electron chi connectivity index (χ3n) is 4.97. The van der Waals surface area contributed by atoms with E-state index in [2.05, 4.69) is 64.2 Å². The first kappa shape index (κ1) is 28.1. The number of rotatable bonds is 15. The molecule has 0 fully saturated rings. The number of allylic oxidation sites excluding steroid dienone is 9. The highest BCUT2D eigenvalue weighted by molar-refractivity contribution is 5.88. The first-order valence-electron chi connectivity index (χ1n) is 11.4. The van der Waals surface area contributed by atoms with Crippen molar-refractivity contribution in [3.05, 3.63) is 58.2 Å². The average molecular weight is 416 g/mol. The van der Waals surface area contributed by atoms with E-state index in [1.807, 2.05) is 6.92 Å². The van der Waals surface area contributed by atoms with Crippen LogP contribution in [0.25, 0.3) is 0 Å². The van der Waals surface area contributed by atoms with Gasteiger partial charge >= 0.3 is 0 Å². The zero-order valence-electron chi connectivity index (χ0n) is 20.3. The number of carbonyl (C=O) groups excluding carboxylic acids is 1. The molecule has 0 saturated carbocycles. The summed E-state index contributed by atoms with van der Waals surface area (Å²) >= 11 is 0. The molecule has 0 heterocycles. The van der Waals surface area contributed by atoms with Crippen molar-refractivity contribution in [1.82, 2.24) is 5.32 Å². The Kier molecular flexibility index (Phi) is 16.8. The number of aliphatic hydroxyl groups excluding tert-OH is 1. The van der Waals surface area contributed by atoms with E-state index in [0.717, 1.165) is 50.5 Å². The fourth-order valence-electron chi connectivity index (χ4n) is 3.06. The first-order chi connectivity index (χ1) is 14.2. The van der Waals surface area contributed by atoms with Crippen LogP contribution in [0.3, 0.4) is 0 Å². The van der Waals surface area contributed by atoms with Crippen molar-refractivity contribution in [3.8, 4) is 0 Å². The van der Waals surface area contributed by atoms with Gasteiger partial charge in [0.05, 0.1) is 6.61 Å². The van der Waals surface area contributed by atoms with E-state index < -0.39 is 0 Å². The molecule has 0 bridgehead atoms. The highest BCUT2D eigenvalue weighted by atomic mass is 16.3. The van der Waals surface area contributed by atoms with Gasteiger partial charge in [0.25, 0.3) is 0 Å². The fraction of sp³-hybridized carbons (Fsp3) is 0.593. The van der Waals surface area contributed by atoms with Gasteiger partial charge in [-0.1, -0.05) is 52.2 Å². The Morgan fingerprint density at radius 2 is 1.07 bits per heavy atom. The molecule has 0 aliphatic carbocycles. The van der Waals surface area contributed by atoms with E-state index in [0.29, 0.717) is 6.54 Å². The van der Waals surface area contributed by atoms with Crippen LogP contribution in [0.15, 0.2) is 58.2 Å². The Bertz CT molecular complexity index is 644. The van der Waals surface area contributed by atoms with Crippen LogP contribution in [-0.2, 0) is 4.79 Å². The summed E-state index contributed by atoms with van der Waals surface area (Å²) in [4.78, 5) is 11.6. The first-order valence-corrected chi connectivity index (χ1v) is 11.4. The second-order valence-electron chi connectivity index (χ2n) is 8.59. The summed E-state index contributed by atoms with van der Waals surface area (Å²) < 4.78 is 0. The van der Waals surface area contributed by atoms with E-state index in [1.165, 1.54) is 28.7 Å². The second kappa shape index (κ2) is 17.9. The molecule has 0 atom stereocenters. The van der Waals surface area contributed by atoms with Gasteiger partial charge in [0, 0.05) is 12.6 Å². The maximum atomic E-state index is 11.6. The Labute approximate surface area is 185 Å².